The highest BCUT2D eigenvalue weighted by molar-refractivity contribution is 5.94. The monoisotopic (exact) mass is 260 g/mol. The predicted octanol–water partition coefficient (Wildman–Crippen LogP) is 2.65. The van der Waals surface area contributed by atoms with Crippen LogP contribution >= 0.6 is 0 Å². The third kappa shape index (κ3) is 3.35. The van der Waals surface area contributed by atoms with E-state index in [-0.39, 0.29) is 5.91 Å². The molecule has 1 amide bonds. The van der Waals surface area contributed by atoms with Gasteiger partial charge in [-0.2, -0.15) is 0 Å². The highest BCUT2D eigenvalue weighted by Gasteiger charge is 2.25. The van der Waals surface area contributed by atoms with Crippen molar-refractivity contribution >= 4 is 5.91 Å². The van der Waals surface area contributed by atoms with E-state index in [9.17, 15) is 4.79 Å². The lowest BCUT2D eigenvalue weighted by Gasteiger charge is -2.33. The Kier molecular flexibility index (Phi) is 4.25. The molecule has 0 bridgehead atoms. The lowest BCUT2D eigenvalue weighted by atomic mass is 9.90. The fourth-order valence-electron chi connectivity index (χ4n) is 2.96. The molecule has 0 aliphatic heterocycles. The van der Waals surface area contributed by atoms with Crippen molar-refractivity contribution < 1.29 is 4.79 Å². The Morgan fingerprint density at radius 2 is 1.63 bits per heavy atom. The zero-order valence-corrected chi connectivity index (χ0v) is 12.1. The van der Waals surface area contributed by atoms with E-state index in [4.69, 9.17) is 5.73 Å². The molecule has 0 atom stereocenters. The van der Waals surface area contributed by atoms with E-state index >= 15 is 0 Å². The Labute approximate surface area is 115 Å². The number of benzene rings is 1. The summed E-state index contributed by atoms with van der Waals surface area (Å²) in [7, 11) is 1.92. The number of aryl methyl sites for hydroxylation is 2. The van der Waals surface area contributed by atoms with E-state index < -0.39 is 0 Å². The van der Waals surface area contributed by atoms with E-state index in [1.165, 1.54) is 0 Å². The molecular weight excluding hydrogens is 236 g/mol. The van der Waals surface area contributed by atoms with Gasteiger partial charge in [-0.3, -0.25) is 4.79 Å². The standard InChI is InChI=1S/C16H24N2O/c1-11-8-12(2)10-13(9-11)16(19)18(3)15-6-4-14(17)5-7-15/h8-10,14-15H,4-7,17H2,1-3H3. The Morgan fingerprint density at radius 3 is 2.16 bits per heavy atom. The fraction of sp³-hybridized carbons (Fsp3) is 0.562. The van der Waals surface area contributed by atoms with E-state index in [0.717, 1.165) is 42.4 Å². The average Bonchev–Trinajstić information content (AvgIpc) is 2.37. The molecule has 1 aromatic carbocycles. The van der Waals surface area contributed by atoms with Crippen molar-refractivity contribution in [3.8, 4) is 0 Å². The number of hydrogen-bond donors (Lipinski definition) is 1. The SMILES string of the molecule is Cc1cc(C)cc(C(=O)N(C)C2CCC(N)CC2)c1. The summed E-state index contributed by atoms with van der Waals surface area (Å²) in [5, 5.41) is 0. The topological polar surface area (TPSA) is 46.3 Å². The van der Waals surface area contributed by atoms with Crippen LogP contribution in [0.4, 0.5) is 0 Å². The summed E-state index contributed by atoms with van der Waals surface area (Å²) in [6.45, 7) is 4.06. The molecule has 0 heterocycles. The molecule has 1 fully saturated rings. The maximum absolute atomic E-state index is 12.5. The maximum Gasteiger partial charge on any atom is 0.253 e. The van der Waals surface area contributed by atoms with Crippen molar-refractivity contribution in [1.82, 2.24) is 4.90 Å². The molecule has 1 saturated carbocycles. The highest BCUT2D eigenvalue weighted by atomic mass is 16.2. The maximum atomic E-state index is 12.5. The van der Waals surface area contributed by atoms with Gasteiger partial charge < -0.3 is 10.6 Å². The average molecular weight is 260 g/mol. The quantitative estimate of drug-likeness (QED) is 0.888. The van der Waals surface area contributed by atoms with Crippen LogP contribution in [-0.2, 0) is 0 Å². The normalized spacial score (nSPS) is 23.2. The van der Waals surface area contributed by atoms with Gasteiger partial charge in [0.15, 0.2) is 0 Å². The molecule has 3 heteroatoms. The van der Waals surface area contributed by atoms with Gasteiger partial charge in [-0.15, -0.1) is 0 Å². The van der Waals surface area contributed by atoms with Crippen molar-refractivity contribution in [3.63, 3.8) is 0 Å². The summed E-state index contributed by atoms with van der Waals surface area (Å²) in [6.07, 6.45) is 4.09. The summed E-state index contributed by atoms with van der Waals surface area (Å²) in [4.78, 5) is 14.4. The van der Waals surface area contributed by atoms with Crippen molar-refractivity contribution in [3.05, 3.63) is 34.9 Å². The zero-order chi connectivity index (χ0) is 14.0. The second-order valence-electron chi connectivity index (χ2n) is 5.86. The molecule has 2 N–H and O–H groups in total. The van der Waals surface area contributed by atoms with Crippen LogP contribution in [0.1, 0.15) is 47.2 Å². The van der Waals surface area contributed by atoms with E-state index in [1.54, 1.807) is 0 Å². The minimum absolute atomic E-state index is 0.132. The van der Waals surface area contributed by atoms with Crippen LogP contribution in [-0.4, -0.2) is 29.9 Å². The molecular formula is C16H24N2O. The molecule has 1 aliphatic carbocycles. The highest BCUT2D eigenvalue weighted by Crippen LogP contribution is 2.23. The van der Waals surface area contributed by atoms with Crippen molar-refractivity contribution in [2.45, 2.75) is 51.6 Å². The molecule has 0 saturated heterocycles. The zero-order valence-electron chi connectivity index (χ0n) is 12.1. The summed E-state index contributed by atoms with van der Waals surface area (Å²) >= 11 is 0. The Morgan fingerprint density at radius 1 is 1.11 bits per heavy atom. The molecule has 19 heavy (non-hydrogen) atoms. The van der Waals surface area contributed by atoms with Crippen molar-refractivity contribution in [1.29, 1.82) is 0 Å². The first-order valence-electron chi connectivity index (χ1n) is 7.08. The lowest BCUT2D eigenvalue weighted by Crippen LogP contribution is -2.41. The number of carbonyl (C=O) groups is 1. The molecule has 1 aromatic rings. The predicted molar refractivity (Wildman–Crippen MR) is 78.2 cm³/mol. The number of rotatable bonds is 2. The molecule has 1 aliphatic rings. The van der Waals surface area contributed by atoms with Gasteiger partial charge in [0.2, 0.25) is 0 Å². The minimum Gasteiger partial charge on any atom is -0.339 e. The van der Waals surface area contributed by atoms with E-state index in [0.29, 0.717) is 12.1 Å². The summed E-state index contributed by atoms with van der Waals surface area (Å²) < 4.78 is 0. The molecule has 0 aromatic heterocycles. The van der Waals surface area contributed by atoms with Crippen LogP contribution in [0.2, 0.25) is 0 Å². The number of amides is 1. The third-order valence-electron chi connectivity index (χ3n) is 4.08. The van der Waals surface area contributed by atoms with Gasteiger partial charge in [0, 0.05) is 24.7 Å². The van der Waals surface area contributed by atoms with Crippen molar-refractivity contribution in [2.24, 2.45) is 5.73 Å². The number of carbonyl (C=O) groups excluding carboxylic acids is 1. The second kappa shape index (κ2) is 5.74. The molecule has 104 valence electrons. The number of hydrogen-bond acceptors (Lipinski definition) is 2. The Balaban J connectivity index is 2.10. The van der Waals surface area contributed by atoms with Crippen LogP contribution in [0.3, 0.4) is 0 Å². The van der Waals surface area contributed by atoms with Crippen molar-refractivity contribution in [2.75, 3.05) is 7.05 Å². The molecule has 0 unspecified atom stereocenters. The smallest absolute Gasteiger partial charge is 0.253 e. The van der Waals surface area contributed by atoms with Gasteiger partial charge in [0.1, 0.15) is 0 Å². The van der Waals surface area contributed by atoms with E-state index in [1.807, 2.05) is 37.9 Å². The fourth-order valence-corrected chi connectivity index (χ4v) is 2.96. The summed E-state index contributed by atoms with van der Waals surface area (Å²) in [5.74, 6) is 0.132. The Hall–Kier alpha value is -1.35. The van der Waals surface area contributed by atoms with Gasteiger partial charge in [-0.1, -0.05) is 17.2 Å². The first kappa shape index (κ1) is 14.1. The van der Waals surface area contributed by atoms with Crippen LogP contribution in [0.15, 0.2) is 18.2 Å². The Bertz CT molecular complexity index is 442. The summed E-state index contributed by atoms with van der Waals surface area (Å²) in [5.41, 5.74) is 9.00. The van der Waals surface area contributed by atoms with Gasteiger partial charge in [-0.05, 0) is 51.7 Å². The lowest BCUT2D eigenvalue weighted by molar-refractivity contribution is 0.0690. The van der Waals surface area contributed by atoms with Gasteiger partial charge in [0.25, 0.3) is 5.91 Å². The third-order valence-corrected chi connectivity index (χ3v) is 4.08. The van der Waals surface area contributed by atoms with Gasteiger partial charge in [-0.25, -0.2) is 0 Å². The van der Waals surface area contributed by atoms with Crippen LogP contribution < -0.4 is 5.73 Å². The van der Waals surface area contributed by atoms with Crippen LogP contribution in [0.5, 0.6) is 0 Å². The first-order chi connectivity index (χ1) is 8.97. The van der Waals surface area contributed by atoms with Crippen LogP contribution in [0.25, 0.3) is 0 Å². The second-order valence-corrected chi connectivity index (χ2v) is 5.86. The minimum atomic E-state index is 0.132. The van der Waals surface area contributed by atoms with Gasteiger partial charge >= 0.3 is 0 Å². The molecule has 3 nitrogen and oxygen atoms in total. The first-order valence-corrected chi connectivity index (χ1v) is 7.08. The molecule has 0 spiro atoms. The number of nitrogens with two attached hydrogens (primary N) is 1. The molecule has 2 rings (SSSR count). The molecule has 0 radical (unpaired) electrons. The van der Waals surface area contributed by atoms with Crippen LogP contribution in [0, 0.1) is 13.8 Å². The van der Waals surface area contributed by atoms with E-state index in [2.05, 4.69) is 6.07 Å². The summed E-state index contributed by atoms with van der Waals surface area (Å²) in [6, 6.07) is 6.70. The largest absolute Gasteiger partial charge is 0.339 e. The number of nitrogens with zero attached hydrogens (tertiary/aromatic N) is 1. The van der Waals surface area contributed by atoms with Gasteiger partial charge in [0.05, 0.1) is 0 Å².